The van der Waals surface area contributed by atoms with Gasteiger partial charge in [0.15, 0.2) is 0 Å². The maximum absolute atomic E-state index is 13.5. The molecule has 0 saturated heterocycles. The third-order valence-corrected chi connectivity index (χ3v) is 4.17. The van der Waals surface area contributed by atoms with Gasteiger partial charge >= 0.3 is 0 Å². The fourth-order valence-corrected chi connectivity index (χ4v) is 2.78. The van der Waals surface area contributed by atoms with E-state index in [4.69, 9.17) is 17.3 Å². The van der Waals surface area contributed by atoms with Crippen molar-refractivity contribution < 1.29 is 9.18 Å². The second-order valence-electron chi connectivity index (χ2n) is 5.68. The highest BCUT2D eigenvalue weighted by Gasteiger charge is 2.16. The summed E-state index contributed by atoms with van der Waals surface area (Å²) in [6.45, 7) is 1.76. The van der Waals surface area contributed by atoms with E-state index in [0.29, 0.717) is 22.3 Å². The minimum absolute atomic E-state index is 0.0260. The van der Waals surface area contributed by atoms with Crippen LogP contribution in [0.3, 0.4) is 0 Å². The highest BCUT2D eigenvalue weighted by Crippen LogP contribution is 2.24. The lowest BCUT2D eigenvalue weighted by molar-refractivity contribution is 0.0991. The van der Waals surface area contributed by atoms with Gasteiger partial charge in [-0.15, -0.1) is 0 Å². The first-order chi connectivity index (χ1) is 11.8. The van der Waals surface area contributed by atoms with E-state index >= 15 is 0 Å². The van der Waals surface area contributed by atoms with Gasteiger partial charge in [-0.2, -0.15) is 5.10 Å². The van der Waals surface area contributed by atoms with E-state index in [2.05, 4.69) is 15.4 Å². The highest BCUT2D eigenvalue weighted by atomic mass is 35.5. The monoisotopic (exact) mass is 363 g/mol. The molecule has 2 heterocycles. The normalized spacial score (nSPS) is 12.3. The molecule has 2 aromatic heterocycles. The number of aryl methyl sites for hydroxylation is 1. The number of primary amides is 1. The quantitative estimate of drug-likeness (QED) is 0.661. The molecule has 7 nitrogen and oxygen atoms in total. The average Bonchev–Trinajstić information content (AvgIpc) is 2.89. The number of carbonyl (C=O) groups is 1. The molecule has 0 radical (unpaired) electrons. The van der Waals surface area contributed by atoms with Crippen LogP contribution in [0.25, 0.3) is 10.9 Å². The van der Waals surface area contributed by atoms with Crippen molar-refractivity contribution in [1.29, 1.82) is 0 Å². The first-order valence-electron chi connectivity index (χ1n) is 7.38. The van der Waals surface area contributed by atoms with Crippen molar-refractivity contribution >= 4 is 34.2 Å². The number of rotatable bonds is 4. The van der Waals surface area contributed by atoms with Crippen LogP contribution in [0.4, 0.5) is 10.2 Å². The summed E-state index contributed by atoms with van der Waals surface area (Å²) in [5.74, 6) is -0.799. The number of nitrogens with two attached hydrogens (primary N) is 1. The third kappa shape index (κ3) is 3.20. The Labute approximate surface area is 146 Å². The van der Waals surface area contributed by atoms with Gasteiger partial charge in [0.05, 0.1) is 16.6 Å². The number of benzene rings is 1. The predicted octanol–water partition coefficient (Wildman–Crippen LogP) is 2.33. The summed E-state index contributed by atoms with van der Waals surface area (Å²) in [6, 6.07) is 5.34. The first kappa shape index (κ1) is 17.0. The molecule has 0 spiro atoms. The zero-order chi connectivity index (χ0) is 18.3. The Morgan fingerprint density at radius 1 is 1.40 bits per heavy atom. The van der Waals surface area contributed by atoms with Crippen molar-refractivity contribution in [3.05, 3.63) is 56.7 Å². The number of hydrogen-bond donors (Lipinski definition) is 3. The number of aromatic nitrogens is 3. The number of H-pyrrole nitrogens is 1. The van der Waals surface area contributed by atoms with Crippen LogP contribution < -0.4 is 16.6 Å². The predicted molar refractivity (Wildman–Crippen MR) is 93.3 cm³/mol. The molecule has 9 heteroatoms. The summed E-state index contributed by atoms with van der Waals surface area (Å²) in [5.41, 5.74) is 5.91. The molecule has 1 atom stereocenters. The molecule has 0 fully saturated rings. The van der Waals surface area contributed by atoms with E-state index in [9.17, 15) is 14.0 Å². The number of nitrogens with zero attached hydrogens (tertiary/aromatic N) is 2. The van der Waals surface area contributed by atoms with E-state index in [1.165, 1.54) is 22.9 Å². The number of amides is 1. The van der Waals surface area contributed by atoms with Crippen LogP contribution in [-0.2, 0) is 7.05 Å². The van der Waals surface area contributed by atoms with Gasteiger partial charge in [-0.1, -0.05) is 11.6 Å². The Bertz CT molecular complexity index is 1040. The summed E-state index contributed by atoms with van der Waals surface area (Å²) in [6.07, 6.45) is 0. The number of nitrogens with one attached hydrogen (secondary N) is 2. The molecule has 0 unspecified atom stereocenters. The Morgan fingerprint density at radius 3 is 2.76 bits per heavy atom. The summed E-state index contributed by atoms with van der Waals surface area (Å²) < 4.78 is 14.9. The average molecular weight is 364 g/mol. The Balaban J connectivity index is 1.96. The molecule has 3 rings (SSSR count). The number of aromatic amines is 1. The molecule has 0 bridgehead atoms. The van der Waals surface area contributed by atoms with Gasteiger partial charge in [0.1, 0.15) is 17.3 Å². The summed E-state index contributed by atoms with van der Waals surface area (Å²) in [5, 5.41) is 7.75. The zero-order valence-corrected chi connectivity index (χ0v) is 14.2. The second-order valence-corrected chi connectivity index (χ2v) is 6.08. The summed E-state index contributed by atoms with van der Waals surface area (Å²) >= 11 is 5.80. The number of pyridine rings is 1. The lowest BCUT2D eigenvalue weighted by Gasteiger charge is -2.13. The van der Waals surface area contributed by atoms with E-state index in [-0.39, 0.29) is 16.3 Å². The fourth-order valence-electron chi connectivity index (χ4n) is 2.61. The van der Waals surface area contributed by atoms with Crippen LogP contribution in [0, 0.1) is 5.82 Å². The molecule has 1 aromatic carbocycles. The molecule has 4 N–H and O–H groups in total. The van der Waals surface area contributed by atoms with Crippen molar-refractivity contribution in [2.75, 3.05) is 5.32 Å². The standard InChI is InChI=1S/C16H15ClFN5O2/c1-7(20-14-6-13(15(19)24)23(2)22-14)9-3-8-4-10(17)11(18)5-12(8)21-16(9)25/h3-7H,1-2H3,(H2,19,24)(H,20,22)(H,21,25)/t7-/m0/s1. The number of carbonyl (C=O) groups excluding carboxylic acids is 1. The van der Waals surface area contributed by atoms with Gasteiger partial charge in [0.25, 0.3) is 11.5 Å². The molecular weight excluding hydrogens is 349 g/mol. The fraction of sp³-hybridized carbons (Fsp3) is 0.188. The molecule has 0 aliphatic heterocycles. The van der Waals surface area contributed by atoms with Crippen LogP contribution >= 0.6 is 11.6 Å². The largest absolute Gasteiger partial charge is 0.364 e. The SMILES string of the molecule is C[C@H](Nc1cc(C(N)=O)n(C)n1)c1cc2cc(Cl)c(F)cc2[nH]c1=O. The summed E-state index contributed by atoms with van der Waals surface area (Å²) in [7, 11) is 1.59. The topological polar surface area (TPSA) is 106 Å². The molecule has 3 aromatic rings. The molecule has 0 saturated carbocycles. The Morgan fingerprint density at radius 2 is 2.12 bits per heavy atom. The number of fused-ring (bicyclic) bond motifs is 1. The highest BCUT2D eigenvalue weighted by molar-refractivity contribution is 6.31. The van der Waals surface area contributed by atoms with E-state index in [1.54, 1.807) is 20.0 Å². The van der Waals surface area contributed by atoms with Crippen molar-refractivity contribution in [3.8, 4) is 0 Å². The van der Waals surface area contributed by atoms with Gasteiger partial charge in [0, 0.05) is 24.1 Å². The van der Waals surface area contributed by atoms with E-state index in [0.717, 1.165) is 0 Å². The zero-order valence-electron chi connectivity index (χ0n) is 13.4. The third-order valence-electron chi connectivity index (χ3n) is 3.88. The lowest BCUT2D eigenvalue weighted by Crippen LogP contribution is -2.19. The van der Waals surface area contributed by atoms with Crippen LogP contribution in [0.2, 0.25) is 5.02 Å². The second kappa shape index (κ2) is 6.21. The van der Waals surface area contributed by atoms with E-state index in [1.807, 2.05) is 0 Å². The smallest absolute Gasteiger partial charge is 0.267 e. The van der Waals surface area contributed by atoms with Crippen LogP contribution in [0.15, 0.2) is 29.1 Å². The van der Waals surface area contributed by atoms with Crippen LogP contribution in [-0.4, -0.2) is 20.7 Å². The summed E-state index contributed by atoms with van der Waals surface area (Å²) in [4.78, 5) is 26.2. The van der Waals surface area contributed by atoms with Crippen molar-refractivity contribution in [2.45, 2.75) is 13.0 Å². The van der Waals surface area contributed by atoms with Crippen molar-refractivity contribution in [2.24, 2.45) is 12.8 Å². The Hall–Kier alpha value is -2.87. The number of halogens is 2. The Kier molecular flexibility index (Phi) is 4.22. The van der Waals surface area contributed by atoms with Crippen LogP contribution in [0.5, 0.6) is 0 Å². The van der Waals surface area contributed by atoms with Gasteiger partial charge in [-0.3, -0.25) is 14.3 Å². The molecular formula is C16H15ClFN5O2. The maximum atomic E-state index is 13.5. The van der Waals surface area contributed by atoms with Crippen LogP contribution in [0.1, 0.15) is 29.0 Å². The molecule has 1 amide bonds. The maximum Gasteiger partial charge on any atom is 0.267 e. The first-order valence-corrected chi connectivity index (χ1v) is 7.76. The lowest BCUT2D eigenvalue weighted by atomic mass is 10.1. The van der Waals surface area contributed by atoms with Gasteiger partial charge < -0.3 is 16.0 Å². The molecule has 0 aliphatic carbocycles. The minimum Gasteiger partial charge on any atom is -0.364 e. The minimum atomic E-state index is -0.601. The molecule has 0 aliphatic rings. The van der Waals surface area contributed by atoms with Gasteiger partial charge in [0.2, 0.25) is 0 Å². The van der Waals surface area contributed by atoms with Crippen molar-refractivity contribution in [1.82, 2.24) is 14.8 Å². The molecule has 25 heavy (non-hydrogen) atoms. The number of hydrogen-bond acceptors (Lipinski definition) is 4. The molecule has 130 valence electrons. The van der Waals surface area contributed by atoms with Crippen molar-refractivity contribution in [3.63, 3.8) is 0 Å². The number of anilines is 1. The van der Waals surface area contributed by atoms with Gasteiger partial charge in [-0.05, 0) is 25.1 Å². The van der Waals surface area contributed by atoms with Gasteiger partial charge in [-0.25, -0.2) is 4.39 Å². The van der Waals surface area contributed by atoms with E-state index < -0.39 is 17.8 Å².